The van der Waals surface area contributed by atoms with E-state index in [-0.39, 0.29) is 25.6 Å². The molecule has 0 rings (SSSR count). The molecule has 42 heavy (non-hydrogen) atoms. The molecule has 2 atom stereocenters. The first kappa shape index (κ1) is 41.0. The third kappa shape index (κ3) is 29.1. The highest BCUT2D eigenvalue weighted by Gasteiger charge is 2.27. The van der Waals surface area contributed by atoms with Crippen LogP contribution in [0.2, 0.25) is 0 Å². The van der Waals surface area contributed by atoms with Gasteiger partial charge in [-0.3, -0.25) is 18.6 Å². The lowest BCUT2D eigenvalue weighted by atomic mass is 10.0. The Balaban J connectivity index is 4.34. The average Bonchev–Trinajstić information content (AvgIpc) is 2.91. The second-order valence-corrected chi connectivity index (χ2v) is 14.0. The molecule has 0 aromatic rings. The smallest absolute Gasteiger partial charge is 0.462 e. The number of unbranched alkanes of at least 4 members (excludes halogenated alkanes) is 16. The van der Waals surface area contributed by atoms with E-state index in [0.29, 0.717) is 23.9 Å². The topological polar surface area (TPSA) is 108 Å². The van der Waals surface area contributed by atoms with Gasteiger partial charge in [-0.2, -0.15) is 0 Å². The summed E-state index contributed by atoms with van der Waals surface area (Å²) in [6.07, 6.45) is 20.5. The van der Waals surface area contributed by atoms with E-state index in [0.717, 1.165) is 44.9 Å². The number of carbonyl (C=O) groups is 2. The Bertz CT molecular complexity index is 713. The normalized spacial score (nSPS) is 14.0. The van der Waals surface area contributed by atoms with Crippen molar-refractivity contribution in [2.75, 3.05) is 47.5 Å². The van der Waals surface area contributed by atoms with Crippen LogP contribution in [0.15, 0.2) is 0 Å². The van der Waals surface area contributed by atoms with Gasteiger partial charge in [-0.15, -0.1) is 0 Å². The van der Waals surface area contributed by atoms with E-state index in [4.69, 9.17) is 18.5 Å². The number of phosphoric acid groups is 1. The molecule has 0 aromatic carbocycles. The summed E-state index contributed by atoms with van der Waals surface area (Å²) >= 11 is 0. The Morgan fingerprint density at radius 2 is 1.07 bits per heavy atom. The molecule has 1 N–H and O–H groups in total. The van der Waals surface area contributed by atoms with Gasteiger partial charge < -0.3 is 18.9 Å². The van der Waals surface area contributed by atoms with Crippen molar-refractivity contribution in [1.29, 1.82) is 0 Å². The van der Waals surface area contributed by atoms with Crippen LogP contribution in [0.5, 0.6) is 0 Å². The van der Waals surface area contributed by atoms with Crippen LogP contribution in [0, 0.1) is 0 Å². The van der Waals surface area contributed by atoms with Crippen molar-refractivity contribution in [3.05, 3.63) is 0 Å². The Hall–Kier alpha value is -0.990. The number of hydrogen-bond acceptors (Lipinski definition) is 7. The van der Waals surface area contributed by atoms with Crippen LogP contribution in [-0.2, 0) is 32.7 Å². The lowest BCUT2D eigenvalue weighted by Gasteiger charge is -2.24. The predicted molar refractivity (Wildman–Crippen MR) is 169 cm³/mol. The molecule has 0 aliphatic rings. The van der Waals surface area contributed by atoms with Gasteiger partial charge >= 0.3 is 19.8 Å². The van der Waals surface area contributed by atoms with E-state index in [1.807, 2.05) is 21.1 Å². The number of esters is 2. The summed E-state index contributed by atoms with van der Waals surface area (Å²) in [5, 5.41) is 0. The molecule has 0 aliphatic heterocycles. The maximum atomic E-state index is 12.4. The second kappa shape index (κ2) is 26.4. The standard InChI is InChI=1S/C32H64NO8P/c1-6-8-10-12-13-14-15-16-17-18-19-21-22-24-31(34)38-28-30(41-32(35)25-23-20-11-9-7-2)29-40-42(36,37)39-27-26-33(3,4)5/h30H,6-29H2,1-5H3/p+1/t30-/m0/s1. The van der Waals surface area contributed by atoms with Crippen molar-refractivity contribution in [3.8, 4) is 0 Å². The highest BCUT2D eigenvalue weighted by molar-refractivity contribution is 7.47. The van der Waals surface area contributed by atoms with Gasteiger partial charge in [-0.1, -0.05) is 117 Å². The van der Waals surface area contributed by atoms with Gasteiger partial charge in [0.05, 0.1) is 27.7 Å². The number of carbonyl (C=O) groups excluding carboxylic acids is 2. The highest BCUT2D eigenvalue weighted by Crippen LogP contribution is 2.43. The molecule has 0 aliphatic carbocycles. The Labute approximate surface area is 257 Å². The summed E-state index contributed by atoms with van der Waals surface area (Å²) in [4.78, 5) is 34.7. The molecule has 0 radical (unpaired) electrons. The summed E-state index contributed by atoms with van der Waals surface area (Å²) in [5.74, 6) is -0.809. The fraction of sp³-hybridized carbons (Fsp3) is 0.938. The lowest BCUT2D eigenvalue weighted by molar-refractivity contribution is -0.870. The number of nitrogens with zero attached hydrogens (tertiary/aromatic N) is 1. The largest absolute Gasteiger partial charge is 0.472 e. The zero-order valence-electron chi connectivity index (χ0n) is 27.7. The molecule has 0 amide bonds. The molecule has 0 fully saturated rings. The maximum absolute atomic E-state index is 12.4. The number of quaternary nitrogens is 1. The van der Waals surface area contributed by atoms with Crippen molar-refractivity contribution in [2.24, 2.45) is 0 Å². The number of ether oxygens (including phenoxy) is 2. The number of likely N-dealkylation sites (N-methyl/N-ethyl adjacent to an activating group) is 1. The molecule has 9 nitrogen and oxygen atoms in total. The monoisotopic (exact) mass is 622 g/mol. The highest BCUT2D eigenvalue weighted by atomic mass is 31.2. The van der Waals surface area contributed by atoms with Crippen LogP contribution in [0.3, 0.4) is 0 Å². The van der Waals surface area contributed by atoms with Gasteiger partial charge in [0, 0.05) is 12.8 Å². The van der Waals surface area contributed by atoms with Crippen molar-refractivity contribution < 1.29 is 42.1 Å². The molecular weight excluding hydrogens is 557 g/mol. The predicted octanol–water partition coefficient (Wildman–Crippen LogP) is 8.12. The average molecular weight is 623 g/mol. The zero-order chi connectivity index (χ0) is 31.5. The molecule has 1 unspecified atom stereocenters. The molecule has 0 heterocycles. The van der Waals surface area contributed by atoms with Crippen LogP contribution >= 0.6 is 7.82 Å². The molecule has 250 valence electrons. The van der Waals surface area contributed by atoms with Gasteiger partial charge in [0.1, 0.15) is 19.8 Å². The minimum atomic E-state index is -4.34. The van der Waals surface area contributed by atoms with E-state index in [2.05, 4.69) is 13.8 Å². The third-order valence-corrected chi connectivity index (χ3v) is 8.12. The number of rotatable bonds is 30. The molecule has 0 saturated carbocycles. The van der Waals surface area contributed by atoms with Crippen molar-refractivity contribution in [1.82, 2.24) is 0 Å². The SMILES string of the molecule is CCCCCCCCCCCCCCCC(=O)OC[C@@H](COP(=O)(O)OCC[N+](C)(C)C)OC(=O)CCCCCCC. The van der Waals surface area contributed by atoms with Crippen molar-refractivity contribution in [2.45, 2.75) is 148 Å². The molecule has 0 aromatic heterocycles. The number of hydrogen-bond donors (Lipinski definition) is 1. The van der Waals surface area contributed by atoms with E-state index in [1.54, 1.807) is 0 Å². The summed E-state index contributed by atoms with van der Waals surface area (Å²) in [6.45, 7) is 4.31. The van der Waals surface area contributed by atoms with Gasteiger partial charge in [0.2, 0.25) is 0 Å². The first-order chi connectivity index (χ1) is 20.0. The number of phosphoric ester groups is 1. The van der Waals surface area contributed by atoms with Crippen LogP contribution in [0.1, 0.15) is 142 Å². The second-order valence-electron chi connectivity index (χ2n) is 12.6. The van der Waals surface area contributed by atoms with Gasteiger partial charge in [-0.05, 0) is 12.8 Å². The Kier molecular flexibility index (Phi) is 25.8. The molecule has 0 bridgehead atoms. The van der Waals surface area contributed by atoms with E-state index in [9.17, 15) is 19.0 Å². The van der Waals surface area contributed by atoms with E-state index < -0.39 is 26.5 Å². The minimum Gasteiger partial charge on any atom is -0.462 e. The van der Waals surface area contributed by atoms with Crippen molar-refractivity contribution >= 4 is 19.8 Å². The fourth-order valence-corrected chi connectivity index (χ4v) is 5.17. The van der Waals surface area contributed by atoms with Crippen LogP contribution in [0.25, 0.3) is 0 Å². The van der Waals surface area contributed by atoms with Gasteiger partial charge in [0.25, 0.3) is 0 Å². The van der Waals surface area contributed by atoms with E-state index >= 15 is 0 Å². The molecule has 0 saturated heterocycles. The molecule has 10 heteroatoms. The quantitative estimate of drug-likeness (QED) is 0.0370. The van der Waals surface area contributed by atoms with Crippen LogP contribution in [0.4, 0.5) is 0 Å². The Morgan fingerprint density at radius 1 is 0.643 bits per heavy atom. The summed E-state index contributed by atoms with van der Waals surface area (Å²) < 4.78 is 33.8. The van der Waals surface area contributed by atoms with Gasteiger partial charge in [-0.25, -0.2) is 4.57 Å². The zero-order valence-corrected chi connectivity index (χ0v) is 28.6. The first-order valence-electron chi connectivity index (χ1n) is 16.8. The van der Waals surface area contributed by atoms with Crippen molar-refractivity contribution in [3.63, 3.8) is 0 Å². The molecular formula is C32H65NO8P+. The van der Waals surface area contributed by atoms with Gasteiger partial charge in [0.15, 0.2) is 6.10 Å². The maximum Gasteiger partial charge on any atom is 0.472 e. The van der Waals surface area contributed by atoms with Crippen LogP contribution in [-0.4, -0.2) is 74.9 Å². The Morgan fingerprint density at radius 3 is 1.52 bits per heavy atom. The summed E-state index contributed by atoms with van der Waals surface area (Å²) in [5.41, 5.74) is 0. The summed E-state index contributed by atoms with van der Waals surface area (Å²) in [7, 11) is 1.48. The minimum absolute atomic E-state index is 0.0353. The third-order valence-electron chi connectivity index (χ3n) is 7.14. The lowest BCUT2D eigenvalue weighted by Crippen LogP contribution is -2.37. The van der Waals surface area contributed by atoms with E-state index in [1.165, 1.54) is 64.2 Å². The fourth-order valence-electron chi connectivity index (χ4n) is 4.42. The molecule has 0 spiro atoms. The summed E-state index contributed by atoms with van der Waals surface area (Å²) in [6, 6.07) is 0. The first-order valence-corrected chi connectivity index (χ1v) is 18.3. The van der Waals surface area contributed by atoms with Crippen LogP contribution < -0.4 is 0 Å².